The maximum absolute atomic E-state index is 12.9. The van der Waals surface area contributed by atoms with Gasteiger partial charge < -0.3 is 14.8 Å². The zero-order valence-corrected chi connectivity index (χ0v) is 18.3. The van der Waals surface area contributed by atoms with E-state index in [-0.39, 0.29) is 11.4 Å². The van der Waals surface area contributed by atoms with Crippen LogP contribution < -0.4 is 14.8 Å². The van der Waals surface area contributed by atoms with Crippen molar-refractivity contribution < 1.29 is 22.7 Å². The number of ether oxygens (including phenoxy) is 2. The summed E-state index contributed by atoms with van der Waals surface area (Å²) in [7, 11) is -0.965. The molecule has 7 nitrogen and oxygen atoms in total. The van der Waals surface area contributed by atoms with E-state index in [1.807, 2.05) is 18.2 Å². The minimum absolute atomic E-state index is 0.0916. The Bertz CT molecular complexity index is 1160. The monoisotopic (exact) mass is 440 g/mol. The zero-order chi connectivity index (χ0) is 22.4. The second kappa shape index (κ2) is 9.63. The van der Waals surface area contributed by atoms with E-state index in [4.69, 9.17) is 9.47 Å². The number of nitrogens with one attached hydrogen (secondary N) is 1. The van der Waals surface area contributed by atoms with E-state index < -0.39 is 15.9 Å². The summed E-state index contributed by atoms with van der Waals surface area (Å²) in [6.07, 6.45) is 0. The summed E-state index contributed by atoms with van der Waals surface area (Å²) in [5, 5.41) is 2.72. The van der Waals surface area contributed by atoms with Crippen molar-refractivity contribution in [2.45, 2.75) is 11.8 Å². The molecule has 0 atom stereocenters. The Morgan fingerprint density at radius 2 is 1.65 bits per heavy atom. The number of anilines is 1. The van der Waals surface area contributed by atoms with Gasteiger partial charge in [0.25, 0.3) is 0 Å². The number of methoxy groups -OCH3 is 1. The van der Waals surface area contributed by atoms with Gasteiger partial charge in [0, 0.05) is 7.05 Å². The fraction of sp³-hybridized carbons (Fsp3) is 0.174. The second-order valence-corrected chi connectivity index (χ2v) is 8.90. The molecular formula is C23H24N2O5S. The molecule has 3 aromatic rings. The number of carbonyl (C=O) groups excluding carboxylic acids is 1. The quantitative estimate of drug-likeness (QED) is 0.571. The molecule has 0 aliphatic heterocycles. The number of carbonyl (C=O) groups is 1. The van der Waals surface area contributed by atoms with E-state index in [0.29, 0.717) is 28.5 Å². The normalized spacial score (nSPS) is 11.2. The molecule has 0 saturated carbocycles. The lowest BCUT2D eigenvalue weighted by Crippen LogP contribution is -2.35. The average molecular weight is 441 g/mol. The van der Waals surface area contributed by atoms with Gasteiger partial charge in [-0.05, 0) is 55.0 Å². The van der Waals surface area contributed by atoms with E-state index in [2.05, 4.69) is 5.32 Å². The van der Waals surface area contributed by atoms with Gasteiger partial charge in [-0.1, -0.05) is 30.3 Å². The van der Waals surface area contributed by atoms with Gasteiger partial charge in [0.15, 0.2) is 5.75 Å². The topological polar surface area (TPSA) is 84.9 Å². The molecule has 0 unspecified atom stereocenters. The number of hydrogen-bond donors (Lipinski definition) is 1. The van der Waals surface area contributed by atoms with Crippen molar-refractivity contribution in [2.75, 3.05) is 26.0 Å². The van der Waals surface area contributed by atoms with E-state index in [1.165, 1.54) is 26.3 Å². The second-order valence-electron chi connectivity index (χ2n) is 6.85. The third-order valence-electron chi connectivity index (χ3n) is 4.57. The van der Waals surface area contributed by atoms with Crippen LogP contribution in [-0.2, 0) is 14.8 Å². The van der Waals surface area contributed by atoms with E-state index in [9.17, 15) is 13.2 Å². The minimum atomic E-state index is -3.85. The van der Waals surface area contributed by atoms with Gasteiger partial charge in [-0.15, -0.1) is 0 Å². The molecule has 3 rings (SSSR count). The Morgan fingerprint density at radius 1 is 0.968 bits per heavy atom. The Balaban J connectivity index is 1.71. The van der Waals surface area contributed by atoms with Crippen LogP contribution in [0, 0.1) is 6.92 Å². The number of sulfonamides is 1. The zero-order valence-electron chi connectivity index (χ0n) is 17.5. The SMILES string of the molecule is COc1ccc(S(=O)(=O)N(C)CC(=O)Nc2ccccc2Oc2ccccc2)cc1C. The van der Waals surface area contributed by atoms with Crippen molar-refractivity contribution in [1.29, 1.82) is 0 Å². The number of rotatable bonds is 8. The van der Waals surface area contributed by atoms with Crippen LogP contribution in [0.25, 0.3) is 0 Å². The summed E-state index contributed by atoms with van der Waals surface area (Å²) >= 11 is 0. The largest absolute Gasteiger partial charge is 0.496 e. The average Bonchev–Trinajstić information content (AvgIpc) is 2.75. The highest BCUT2D eigenvalue weighted by Crippen LogP contribution is 2.29. The standard InChI is InChI=1S/C23H24N2O5S/c1-17-15-19(13-14-21(17)29-3)31(27,28)25(2)16-23(26)24-20-11-7-8-12-22(20)30-18-9-5-4-6-10-18/h4-15H,16H2,1-3H3,(H,24,26). The number of hydrogen-bond acceptors (Lipinski definition) is 5. The first-order valence-corrected chi connectivity index (χ1v) is 11.0. The molecule has 31 heavy (non-hydrogen) atoms. The lowest BCUT2D eigenvalue weighted by atomic mass is 10.2. The molecule has 0 aliphatic rings. The molecule has 0 aliphatic carbocycles. The Morgan fingerprint density at radius 3 is 2.32 bits per heavy atom. The van der Waals surface area contributed by atoms with E-state index in [0.717, 1.165) is 4.31 Å². The maximum Gasteiger partial charge on any atom is 0.243 e. The lowest BCUT2D eigenvalue weighted by molar-refractivity contribution is -0.116. The van der Waals surface area contributed by atoms with Crippen molar-refractivity contribution in [3.63, 3.8) is 0 Å². The summed E-state index contributed by atoms with van der Waals surface area (Å²) in [5.74, 6) is 1.19. The van der Waals surface area contributed by atoms with Crippen molar-refractivity contribution in [3.05, 3.63) is 78.4 Å². The number of likely N-dealkylation sites (N-methyl/N-ethyl adjacent to an activating group) is 1. The summed E-state index contributed by atoms with van der Waals surface area (Å²) < 4.78 is 37.7. The number of para-hydroxylation sites is 3. The van der Waals surface area contributed by atoms with Crippen molar-refractivity contribution >= 4 is 21.6 Å². The minimum Gasteiger partial charge on any atom is -0.496 e. The van der Waals surface area contributed by atoms with Crippen LogP contribution in [0.3, 0.4) is 0 Å². The third kappa shape index (κ3) is 5.42. The Hall–Kier alpha value is -3.36. The summed E-state index contributed by atoms with van der Waals surface area (Å²) in [6.45, 7) is 1.40. The molecular weight excluding hydrogens is 416 g/mol. The molecule has 0 saturated heterocycles. The van der Waals surface area contributed by atoms with E-state index >= 15 is 0 Å². The van der Waals surface area contributed by atoms with Gasteiger partial charge in [0.1, 0.15) is 11.5 Å². The first-order chi connectivity index (χ1) is 14.8. The Labute approximate surface area is 182 Å². The number of aryl methyl sites for hydroxylation is 1. The number of nitrogens with zero attached hydrogens (tertiary/aromatic N) is 1. The predicted octanol–water partition coefficient (Wildman–Crippen LogP) is 4.06. The highest BCUT2D eigenvalue weighted by Gasteiger charge is 2.24. The fourth-order valence-corrected chi connectivity index (χ4v) is 4.16. The predicted molar refractivity (Wildman–Crippen MR) is 119 cm³/mol. The third-order valence-corrected chi connectivity index (χ3v) is 6.37. The molecule has 1 amide bonds. The first kappa shape index (κ1) is 22.3. The number of amides is 1. The van der Waals surface area contributed by atoms with Crippen LogP contribution in [0.2, 0.25) is 0 Å². The van der Waals surface area contributed by atoms with E-state index in [1.54, 1.807) is 49.4 Å². The van der Waals surface area contributed by atoms with Gasteiger partial charge in [0.05, 0.1) is 24.2 Å². The maximum atomic E-state index is 12.9. The van der Waals surface area contributed by atoms with Crippen LogP contribution >= 0.6 is 0 Å². The van der Waals surface area contributed by atoms with Gasteiger partial charge in [-0.25, -0.2) is 8.42 Å². The van der Waals surface area contributed by atoms with Crippen LogP contribution in [-0.4, -0.2) is 39.3 Å². The van der Waals surface area contributed by atoms with Crippen LogP contribution in [0.1, 0.15) is 5.56 Å². The van der Waals surface area contributed by atoms with Crippen molar-refractivity contribution in [1.82, 2.24) is 4.31 Å². The smallest absolute Gasteiger partial charge is 0.243 e. The van der Waals surface area contributed by atoms with Gasteiger partial charge in [-0.2, -0.15) is 4.31 Å². The molecule has 0 fully saturated rings. The molecule has 8 heteroatoms. The fourth-order valence-electron chi connectivity index (χ4n) is 2.94. The highest BCUT2D eigenvalue weighted by molar-refractivity contribution is 7.89. The molecule has 0 heterocycles. The molecule has 1 N–H and O–H groups in total. The van der Waals surface area contributed by atoms with Crippen molar-refractivity contribution in [2.24, 2.45) is 0 Å². The van der Waals surface area contributed by atoms with Crippen LogP contribution in [0.15, 0.2) is 77.7 Å². The van der Waals surface area contributed by atoms with Crippen LogP contribution in [0.4, 0.5) is 5.69 Å². The molecule has 0 radical (unpaired) electrons. The lowest BCUT2D eigenvalue weighted by Gasteiger charge is -2.18. The Kier molecular flexibility index (Phi) is 6.94. The first-order valence-electron chi connectivity index (χ1n) is 9.54. The summed E-state index contributed by atoms with van der Waals surface area (Å²) in [4.78, 5) is 12.7. The molecule has 0 spiro atoms. The molecule has 3 aromatic carbocycles. The molecule has 0 aromatic heterocycles. The van der Waals surface area contributed by atoms with Crippen LogP contribution in [0.5, 0.6) is 17.2 Å². The highest BCUT2D eigenvalue weighted by atomic mass is 32.2. The van der Waals surface area contributed by atoms with Gasteiger partial charge >= 0.3 is 0 Å². The van der Waals surface area contributed by atoms with Gasteiger partial charge in [-0.3, -0.25) is 4.79 Å². The number of benzene rings is 3. The molecule has 162 valence electrons. The van der Waals surface area contributed by atoms with Crippen molar-refractivity contribution in [3.8, 4) is 17.2 Å². The molecule has 0 bridgehead atoms. The summed E-state index contributed by atoms with van der Waals surface area (Å²) in [5.41, 5.74) is 1.14. The van der Waals surface area contributed by atoms with Gasteiger partial charge in [0.2, 0.25) is 15.9 Å². The summed E-state index contributed by atoms with van der Waals surface area (Å²) in [6, 6.07) is 20.7.